The summed E-state index contributed by atoms with van der Waals surface area (Å²) in [6.45, 7) is 1.71. The fourth-order valence-corrected chi connectivity index (χ4v) is 1.41. The van der Waals surface area contributed by atoms with E-state index in [0.717, 1.165) is 0 Å². The van der Waals surface area contributed by atoms with E-state index in [2.05, 4.69) is 9.89 Å². The number of ether oxygens (including phenoxy) is 1. The van der Waals surface area contributed by atoms with E-state index in [1.165, 1.54) is 23.9 Å². The molecule has 2 aromatic rings. The summed E-state index contributed by atoms with van der Waals surface area (Å²) in [6.07, 6.45) is 1.51. The lowest BCUT2D eigenvalue weighted by atomic mass is 10.3. The van der Waals surface area contributed by atoms with E-state index in [4.69, 9.17) is 4.52 Å². The zero-order valence-corrected chi connectivity index (χ0v) is 9.34. The number of nitrogens with zero attached hydrogens (tertiary/aromatic N) is 2. The molecule has 6 heteroatoms. The molecular weight excluding hydrogens is 224 g/mol. The van der Waals surface area contributed by atoms with Crippen molar-refractivity contribution in [1.82, 2.24) is 9.72 Å². The molecule has 0 radical (unpaired) electrons. The van der Waals surface area contributed by atoms with Crippen molar-refractivity contribution in [3.63, 3.8) is 0 Å². The van der Waals surface area contributed by atoms with Gasteiger partial charge in [-0.1, -0.05) is 5.16 Å². The van der Waals surface area contributed by atoms with Crippen LogP contribution in [0.1, 0.15) is 16.1 Å². The monoisotopic (exact) mass is 234 g/mol. The number of aryl methyl sites for hydroxylation is 1. The van der Waals surface area contributed by atoms with Crippen molar-refractivity contribution in [3.05, 3.63) is 46.1 Å². The van der Waals surface area contributed by atoms with Gasteiger partial charge in [-0.3, -0.25) is 9.36 Å². The lowest BCUT2D eigenvalue weighted by Gasteiger charge is -2.02. The zero-order valence-electron chi connectivity index (χ0n) is 9.34. The molecule has 0 fully saturated rings. The third-order valence-corrected chi connectivity index (χ3v) is 2.21. The van der Waals surface area contributed by atoms with Crippen molar-refractivity contribution in [1.29, 1.82) is 0 Å². The van der Waals surface area contributed by atoms with Crippen molar-refractivity contribution in [3.8, 4) is 5.82 Å². The minimum Gasteiger partial charge on any atom is -0.465 e. The summed E-state index contributed by atoms with van der Waals surface area (Å²) in [5.41, 5.74) is -0.539. The van der Waals surface area contributed by atoms with Crippen molar-refractivity contribution in [2.75, 3.05) is 7.11 Å². The van der Waals surface area contributed by atoms with E-state index in [1.807, 2.05) is 0 Å². The van der Waals surface area contributed by atoms with Crippen LogP contribution in [0.2, 0.25) is 0 Å². The summed E-state index contributed by atoms with van der Waals surface area (Å²) in [4.78, 5) is 23.3. The van der Waals surface area contributed by atoms with Crippen LogP contribution in [0, 0.1) is 6.92 Å². The summed E-state index contributed by atoms with van der Waals surface area (Å²) in [5, 5.41) is 3.71. The van der Waals surface area contributed by atoms with E-state index in [-0.39, 0.29) is 5.56 Å². The molecular formula is C11H10N2O4. The maximum Gasteiger partial charge on any atom is 0.343 e. The molecule has 0 saturated carbocycles. The molecule has 0 aliphatic rings. The highest BCUT2D eigenvalue weighted by Crippen LogP contribution is 2.06. The number of aromatic nitrogens is 2. The van der Waals surface area contributed by atoms with Crippen LogP contribution < -0.4 is 5.56 Å². The van der Waals surface area contributed by atoms with Crippen LogP contribution in [-0.4, -0.2) is 22.8 Å². The molecule has 0 aliphatic carbocycles. The summed E-state index contributed by atoms with van der Waals surface area (Å²) in [6, 6.07) is 4.57. The maximum atomic E-state index is 12.0. The summed E-state index contributed by atoms with van der Waals surface area (Å²) in [7, 11) is 1.22. The third-order valence-electron chi connectivity index (χ3n) is 2.21. The van der Waals surface area contributed by atoms with Gasteiger partial charge in [0, 0.05) is 12.3 Å². The molecule has 0 spiro atoms. The minimum absolute atomic E-state index is 0.0457. The van der Waals surface area contributed by atoms with E-state index in [0.29, 0.717) is 11.6 Å². The van der Waals surface area contributed by atoms with Gasteiger partial charge in [0.1, 0.15) is 11.3 Å². The van der Waals surface area contributed by atoms with Crippen LogP contribution >= 0.6 is 0 Å². The molecule has 17 heavy (non-hydrogen) atoms. The van der Waals surface area contributed by atoms with Gasteiger partial charge < -0.3 is 9.26 Å². The topological polar surface area (TPSA) is 74.3 Å². The molecule has 6 nitrogen and oxygen atoms in total. The Hall–Kier alpha value is -2.37. The first-order valence-corrected chi connectivity index (χ1v) is 4.87. The maximum absolute atomic E-state index is 12.0. The Morgan fingerprint density at radius 1 is 1.53 bits per heavy atom. The highest BCUT2D eigenvalue weighted by molar-refractivity contribution is 5.88. The molecule has 0 N–H and O–H groups in total. The van der Waals surface area contributed by atoms with Crippen LogP contribution in [0.5, 0.6) is 0 Å². The Balaban J connectivity index is 2.57. The summed E-state index contributed by atoms with van der Waals surface area (Å²) < 4.78 is 10.6. The SMILES string of the molecule is COC(=O)c1cccn(-c2cc(C)on2)c1=O. The number of carbonyl (C=O) groups excluding carboxylic acids is 1. The molecule has 0 atom stereocenters. The van der Waals surface area contributed by atoms with Crippen LogP contribution in [-0.2, 0) is 4.74 Å². The van der Waals surface area contributed by atoms with E-state index >= 15 is 0 Å². The van der Waals surface area contributed by atoms with Gasteiger partial charge in [0.05, 0.1) is 7.11 Å². The van der Waals surface area contributed by atoms with Crippen LogP contribution in [0.3, 0.4) is 0 Å². The number of hydrogen-bond donors (Lipinski definition) is 0. The molecule has 0 saturated heterocycles. The quantitative estimate of drug-likeness (QED) is 0.722. The predicted octanol–water partition coefficient (Wildman–Crippen LogP) is 0.921. The Bertz CT molecular complexity index is 612. The Morgan fingerprint density at radius 3 is 2.88 bits per heavy atom. The van der Waals surface area contributed by atoms with E-state index < -0.39 is 11.5 Å². The van der Waals surface area contributed by atoms with Gasteiger partial charge in [0.2, 0.25) is 0 Å². The fourth-order valence-electron chi connectivity index (χ4n) is 1.41. The second-order valence-electron chi connectivity index (χ2n) is 3.38. The van der Waals surface area contributed by atoms with Crippen LogP contribution in [0.4, 0.5) is 0 Å². The van der Waals surface area contributed by atoms with Gasteiger partial charge in [-0.25, -0.2) is 4.79 Å². The Labute approximate surface area is 96.4 Å². The fraction of sp³-hybridized carbons (Fsp3) is 0.182. The first kappa shape index (κ1) is 11.1. The van der Waals surface area contributed by atoms with E-state index in [9.17, 15) is 9.59 Å². The van der Waals surface area contributed by atoms with Crippen LogP contribution in [0.15, 0.2) is 33.7 Å². The smallest absolute Gasteiger partial charge is 0.343 e. The molecule has 2 heterocycles. The average molecular weight is 234 g/mol. The number of methoxy groups -OCH3 is 1. The van der Waals surface area contributed by atoms with Crippen molar-refractivity contribution < 1.29 is 14.1 Å². The van der Waals surface area contributed by atoms with Crippen LogP contribution in [0.25, 0.3) is 5.82 Å². The Kier molecular flexibility index (Phi) is 2.78. The first-order chi connectivity index (χ1) is 8.13. The standard InChI is InChI=1S/C11H10N2O4/c1-7-6-9(12-17-7)13-5-3-4-8(10(13)14)11(15)16-2/h3-6H,1-2H3. The number of pyridine rings is 1. The van der Waals surface area contributed by atoms with Gasteiger partial charge in [-0.15, -0.1) is 0 Å². The molecule has 2 rings (SSSR count). The Morgan fingerprint density at radius 2 is 2.29 bits per heavy atom. The van der Waals surface area contributed by atoms with Gasteiger partial charge in [-0.05, 0) is 19.1 Å². The van der Waals surface area contributed by atoms with Crippen molar-refractivity contribution in [2.24, 2.45) is 0 Å². The predicted molar refractivity (Wildman–Crippen MR) is 58.2 cm³/mol. The van der Waals surface area contributed by atoms with Crippen molar-refractivity contribution >= 4 is 5.97 Å². The second-order valence-corrected chi connectivity index (χ2v) is 3.38. The number of esters is 1. The molecule has 0 unspecified atom stereocenters. The number of carbonyl (C=O) groups is 1. The first-order valence-electron chi connectivity index (χ1n) is 4.87. The molecule has 0 amide bonds. The zero-order chi connectivity index (χ0) is 12.4. The highest BCUT2D eigenvalue weighted by Gasteiger charge is 2.14. The lowest BCUT2D eigenvalue weighted by molar-refractivity contribution is 0.0598. The lowest BCUT2D eigenvalue weighted by Crippen LogP contribution is -2.25. The minimum atomic E-state index is -0.676. The normalized spacial score (nSPS) is 10.2. The number of hydrogen-bond acceptors (Lipinski definition) is 5. The average Bonchev–Trinajstić information content (AvgIpc) is 2.75. The van der Waals surface area contributed by atoms with Gasteiger partial charge in [-0.2, -0.15) is 0 Å². The summed E-state index contributed by atoms with van der Waals surface area (Å²) in [5.74, 6) is 0.234. The molecule has 88 valence electrons. The van der Waals surface area contributed by atoms with Gasteiger partial charge >= 0.3 is 5.97 Å². The van der Waals surface area contributed by atoms with Gasteiger partial charge in [0.25, 0.3) is 5.56 Å². The largest absolute Gasteiger partial charge is 0.465 e. The van der Waals surface area contributed by atoms with Gasteiger partial charge in [0.15, 0.2) is 5.82 Å². The third kappa shape index (κ3) is 1.96. The highest BCUT2D eigenvalue weighted by atomic mass is 16.5. The molecule has 0 aliphatic heterocycles. The summed E-state index contributed by atoms with van der Waals surface area (Å²) >= 11 is 0. The van der Waals surface area contributed by atoms with Crippen molar-refractivity contribution in [2.45, 2.75) is 6.92 Å². The molecule has 2 aromatic heterocycles. The van der Waals surface area contributed by atoms with E-state index in [1.54, 1.807) is 19.1 Å². The number of rotatable bonds is 2. The second kappa shape index (κ2) is 4.25. The molecule has 0 aromatic carbocycles. The molecule has 0 bridgehead atoms.